The van der Waals surface area contributed by atoms with E-state index in [0.717, 1.165) is 23.4 Å². The maximum absolute atomic E-state index is 12.2. The minimum atomic E-state index is -0.996. The average Bonchev–Trinajstić information content (AvgIpc) is 3.16. The number of hydrazone groups is 1. The second kappa shape index (κ2) is 7.96. The highest BCUT2D eigenvalue weighted by Gasteiger charge is 2.25. The average molecular weight is 388 g/mol. The molecule has 0 bridgehead atoms. The van der Waals surface area contributed by atoms with Crippen molar-refractivity contribution >= 4 is 34.9 Å². The Hall–Kier alpha value is -3.26. The highest BCUT2D eigenvalue weighted by molar-refractivity contribution is 6.31. The van der Waals surface area contributed by atoms with Gasteiger partial charge in [-0.15, -0.1) is 0 Å². The Morgan fingerprint density at radius 3 is 2.67 bits per heavy atom. The summed E-state index contributed by atoms with van der Waals surface area (Å²) in [5, 5.41) is 16.6. The lowest BCUT2D eigenvalue weighted by Gasteiger charge is -2.11. The van der Waals surface area contributed by atoms with Gasteiger partial charge in [0.2, 0.25) is 0 Å². The van der Waals surface area contributed by atoms with E-state index in [4.69, 9.17) is 16.3 Å². The monoisotopic (exact) mass is 387 g/mol. The summed E-state index contributed by atoms with van der Waals surface area (Å²) in [6, 6.07) is 13.0. The predicted octanol–water partition coefficient (Wildman–Crippen LogP) is 3.04. The number of ether oxygens (including phenoxy) is 1. The zero-order valence-electron chi connectivity index (χ0n) is 14.0. The van der Waals surface area contributed by atoms with Crippen LogP contribution in [0.15, 0.2) is 53.6 Å². The van der Waals surface area contributed by atoms with E-state index in [0.29, 0.717) is 13.0 Å². The first-order chi connectivity index (χ1) is 13.0. The molecule has 138 valence electrons. The molecule has 0 atom stereocenters. The van der Waals surface area contributed by atoms with E-state index in [2.05, 4.69) is 5.10 Å². The van der Waals surface area contributed by atoms with E-state index < -0.39 is 29.1 Å². The number of carbonyl (C=O) groups excluding carboxylic acids is 2. The van der Waals surface area contributed by atoms with E-state index in [1.165, 1.54) is 11.1 Å². The van der Waals surface area contributed by atoms with Crippen molar-refractivity contribution in [3.63, 3.8) is 0 Å². The van der Waals surface area contributed by atoms with Gasteiger partial charge in [-0.1, -0.05) is 41.9 Å². The number of carbonyl (C=O) groups is 2. The van der Waals surface area contributed by atoms with Crippen molar-refractivity contribution < 1.29 is 19.2 Å². The van der Waals surface area contributed by atoms with Crippen molar-refractivity contribution in [1.29, 1.82) is 0 Å². The Balaban J connectivity index is 1.65. The van der Waals surface area contributed by atoms with E-state index in [1.54, 1.807) is 0 Å². The lowest BCUT2D eigenvalue weighted by atomic mass is 10.1. The second-order valence-corrected chi connectivity index (χ2v) is 6.11. The van der Waals surface area contributed by atoms with E-state index >= 15 is 0 Å². The molecule has 0 saturated heterocycles. The number of amides is 1. The number of nitro benzene ring substituents is 1. The first kappa shape index (κ1) is 18.5. The van der Waals surface area contributed by atoms with Gasteiger partial charge in [0, 0.05) is 17.5 Å². The number of hydrogen-bond acceptors (Lipinski definition) is 6. The molecule has 3 rings (SSSR count). The molecular formula is C18H14ClN3O5. The van der Waals surface area contributed by atoms with Crippen molar-refractivity contribution in [1.82, 2.24) is 5.01 Å². The zero-order chi connectivity index (χ0) is 19.4. The third-order valence-corrected chi connectivity index (χ3v) is 4.13. The summed E-state index contributed by atoms with van der Waals surface area (Å²) in [6.07, 6.45) is 0.587. The standard InChI is InChI=1S/C18H14ClN3O5/c19-13-6-7-16(22(25)26)14(10-13)18(24)27-11-17(23)21-9-8-15(20-21)12-4-2-1-3-5-12/h1-7,10H,8-9,11H2. The molecule has 0 radical (unpaired) electrons. The predicted molar refractivity (Wildman–Crippen MR) is 97.7 cm³/mol. The van der Waals surface area contributed by atoms with Gasteiger partial charge in [-0.2, -0.15) is 5.10 Å². The Labute approximate surface area is 159 Å². The van der Waals surface area contributed by atoms with Gasteiger partial charge in [0.05, 0.1) is 17.2 Å². The lowest BCUT2D eigenvalue weighted by Crippen LogP contribution is -2.28. The van der Waals surface area contributed by atoms with Gasteiger partial charge in [-0.05, 0) is 17.7 Å². The summed E-state index contributed by atoms with van der Waals surface area (Å²) in [5.41, 5.74) is 0.928. The molecule has 0 fully saturated rings. The molecule has 8 nitrogen and oxygen atoms in total. The first-order valence-corrected chi connectivity index (χ1v) is 8.38. The van der Waals surface area contributed by atoms with E-state index in [-0.39, 0.29) is 10.6 Å². The van der Waals surface area contributed by atoms with Crippen molar-refractivity contribution in [2.45, 2.75) is 6.42 Å². The fourth-order valence-corrected chi connectivity index (χ4v) is 2.75. The molecule has 0 unspecified atom stereocenters. The number of nitrogens with zero attached hydrogens (tertiary/aromatic N) is 3. The van der Waals surface area contributed by atoms with Gasteiger partial charge in [-0.25, -0.2) is 9.80 Å². The molecule has 1 aliphatic heterocycles. The number of nitro groups is 1. The molecule has 0 saturated carbocycles. The van der Waals surface area contributed by atoms with Crippen LogP contribution in [0.5, 0.6) is 0 Å². The first-order valence-electron chi connectivity index (χ1n) is 8.00. The van der Waals surface area contributed by atoms with Crippen molar-refractivity contribution in [3.05, 3.63) is 74.8 Å². The number of halogens is 1. The quantitative estimate of drug-likeness (QED) is 0.445. The molecule has 2 aromatic rings. The minimum absolute atomic E-state index is 0.149. The Bertz CT molecular complexity index is 930. The minimum Gasteiger partial charge on any atom is -0.452 e. The lowest BCUT2D eigenvalue weighted by molar-refractivity contribution is -0.385. The summed E-state index contributed by atoms with van der Waals surface area (Å²) >= 11 is 5.78. The van der Waals surface area contributed by atoms with Crippen LogP contribution in [0.25, 0.3) is 0 Å². The van der Waals surface area contributed by atoms with Crippen LogP contribution < -0.4 is 0 Å². The molecule has 1 heterocycles. The van der Waals surface area contributed by atoms with Gasteiger partial charge in [0.25, 0.3) is 11.6 Å². The van der Waals surface area contributed by atoms with Crippen LogP contribution in [0.2, 0.25) is 5.02 Å². The van der Waals surface area contributed by atoms with Gasteiger partial charge >= 0.3 is 5.97 Å². The molecule has 0 aromatic heterocycles. The van der Waals surface area contributed by atoms with Crippen LogP contribution >= 0.6 is 11.6 Å². The van der Waals surface area contributed by atoms with Crippen molar-refractivity contribution in [2.75, 3.05) is 13.2 Å². The third kappa shape index (κ3) is 4.29. The summed E-state index contributed by atoms with van der Waals surface area (Å²) in [6.45, 7) is -0.202. The highest BCUT2D eigenvalue weighted by Crippen LogP contribution is 2.23. The Morgan fingerprint density at radius 2 is 1.96 bits per heavy atom. The van der Waals surface area contributed by atoms with Crippen LogP contribution in [0, 0.1) is 10.1 Å². The number of rotatable bonds is 5. The van der Waals surface area contributed by atoms with Crippen LogP contribution in [-0.4, -0.2) is 40.7 Å². The van der Waals surface area contributed by atoms with Gasteiger partial charge in [0.1, 0.15) is 5.56 Å². The fraction of sp³-hybridized carbons (Fsp3) is 0.167. The molecule has 0 aliphatic carbocycles. The third-order valence-electron chi connectivity index (χ3n) is 3.90. The smallest absolute Gasteiger partial charge is 0.345 e. The normalized spacial score (nSPS) is 13.2. The molecule has 9 heteroatoms. The maximum atomic E-state index is 12.2. The SMILES string of the molecule is O=C(OCC(=O)N1CCC(c2ccccc2)=N1)c1cc(Cl)ccc1[N+](=O)[O-]. The van der Waals surface area contributed by atoms with Crippen LogP contribution in [0.3, 0.4) is 0 Å². The number of hydrogen-bond donors (Lipinski definition) is 0. The molecule has 27 heavy (non-hydrogen) atoms. The summed E-state index contributed by atoms with van der Waals surface area (Å²) in [5.74, 6) is -1.51. The Kier molecular flexibility index (Phi) is 5.46. The van der Waals surface area contributed by atoms with Crippen LogP contribution in [0.4, 0.5) is 5.69 Å². The van der Waals surface area contributed by atoms with Crippen molar-refractivity contribution in [3.8, 4) is 0 Å². The molecule has 0 N–H and O–H groups in total. The fourth-order valence-electron chi connectivity index (χ4n) is 2.58. The summed E-state index contributed by atoms with van der Waals surface area (Å²) < 4.78 is 4.93. The zero-order valence-corrected chi connectivity index (χ0v) is 14.8. The summed E-state index contributed by atoms with van der Waals surface area (Å²) in [7, 11) is 0. The van der Waals surface area contributed by atoms with E-state index in [1.807, 2.05) is 30.3 Å². The Morgan fingerprint density at radius 1 is 1.22 bits per heavy atom. The molecule has 1 aliphatic rings. The largest absolute Gasteiger partial charge is 0.452 e. The molecule has 2 aromatic carbocycles. The van der Waals surface area contributed by atoms with Gasteiger partial charge in [0.15, 0.2) is 6.61 Å². The topological polar surface area (TPSA) is 102 Å². The molecule has 1 amide bonds. The van der Waals surface area contributed by atoms with Crippen LogP contribution in [-0.2, 0) is 9.53 Å². The number of esters is 1. The van der Waals surface area contributed by atoms with E-state index in [9.17, 15) is 19.7 Å². The maximum Gasteiger partial charge on any atom is 0.345 e. The van der Waals surface area contributed by atoms with Crippen molar-refractivity contribution in [2.24, 2.45) is 5.10 Å². The highest BCUT2D eigenvalue weighted by atomic mass is 35.5. The van der Waals surface area contributed by atoms with Gasteiger partial charge in [-0.3, -0.25) is 14.9 Å². The van der Waals surface area contributed by atoms with Gasteiger partial charge < -0.3 is 4.74 Å². The van der Waals surface area contributed by atoms with Crippen LogP contribution in [0.1, 0.15) is 22.3 Å². The summed E-state index contributed by atoms with van der Waals surface area (Å²) in [4.78, 5) is 34.7. The molecule has 0 spiro atoms. The second-order valence-electron chi connectivity index (χ2n) is 5.67. The molecular weight excluding hydrogens is 374 g/mol. The number of benzene rings is 2.